The molecule has 4 atom stereocenters. The van der Waals surface area contributed by atoms with Crippen molar-refractivity contribution in [2.75, 3.05) is 6.54 Å². The number of nitrogens with zero attached hydrogens (tertiary/aromatic N) is 1. The fourth-order valence-electron chi connectivity index (χ4n) is 3.15. The fraction of sp³-hybridized carbons (Fsp3) is 0.909. The van der Waals surface area contributed by atoms with E-state index < -0.39 is 0 Å². The lowest BCUT2D eigenvalue weighted by molar-refractivity contribution is 0.305. The van der Waals surface area contributed by atoms with Gasteiger partial charge in [0.25, 0.3) is 0 Å². The fourth-order valence-corrected chi connectivity index (χ4v) is 3.15. The van der Waals surface area contributed by atoms with Gasteiger partial charge in [-0.3, -0.25) is 0 Å². The van der Waals surface area contributed by atoms with Crippen LogP contribution in [0.25, 0.3) is 0 Å². The predicted molar refractivity (Wildman–Crippen MR) is 59.8 cm³/mol. The van der Waals surface area contributed by atoms with Gasteiger partial charge in [0.05, 0.1) is 6.04 Å². The van der Waals surface area contributed by atoms with Crippen LogP contribution in [0.4, 0.5) is 0 Å². The molecule has 0 radical (unpaired) electrons. The van der Waals surface area contributed by atoms with Crippen LogP contribution in [0.15, 0.2) is 5.16 Å². The van der Waals surface area contributed by atoms with Crippen molar-refractivity contribution in [3.8, 4) is 0 Å². The first-order chi connectivity index (χ1) is 7.20. The second-order valence-corrected chi connectivity index (χ2v) is 5.09. The minimum absolute atomic E-state index is 0.0193. The molecule has 0 saturated heterocycles. The van der Waals surface area contributed by atoms with Crippen molar-refractivity contribution in [1.29, 1.82) is 0 Å². The minimum atomic E-state index is -0.0193. The van der Waals surface area contributed by atoms with E-state index in [0.29, 0.717) is 0 Å². The molecule has 2 bridgehead atoms. The van der Waals surface area contributed by atoms with Crippen molar-refractivity contribution in [2.24, 2.45) is 28.6 Å². The molecule has 86 valence electrons. The van der Waals surface area contributed by atoms with E-state index in [9.17, 15) is 0 Å². The van der Waals surface area contributed by atoms with E-state index in [1.807, 2.05) is 6.92 Å². The van der Waals surface area contributed by atoms with E-state index in [0.717, 1.165) is 24.3 Å². The van der Waals surface area contributed by atoms with E-state index in [1.54, 1.807) is 0 Å². The summed E-state index contributed by atoms with van der Waals surface area (Å²) in [5.74, 6) is 3.01. The number of hydrogen-bond acceptors (Lipinski definition) is 3. The van der Waals surface area contributed by atoms with Crippen LogP contribution in [0.2, 0.25) is 0 Å². The van der Waals surface area contributed by atoms with Gasteiger partial charge in [-0.05, 0) is 50.5 Å². The van der Waals surface area contributed by atoms with Gasteiger partial charge in [0.15, 0.2) is 5.84 Å². The summed E-state index contributed by atoms with van der Waals surface area (Å²) in [7, 11) is 0. The zero-order valence-corrected chi connectivity index (χ0v) is 9.32. The SMILES string of the molecule is CC(NCC1CC2CCC1C2)C(N)=NO. The maximum Gasteiger partial charge on any atom is 0.156 e. The molecule has 0 heterocycles. The number of rotatable bonds is 4. The molecule has 4 nitrogen and oxygen atoms in total. The van der Waals surface area contributed by atoms with Gasteiger partial charge in [0, 0.05) is 0 Å². The summed E-state index contributed by atoms with van der Waals surface area (Å²) in [5.41, 5.74) is 5.51. The molecule has 2 aliphatic carbocycles. The van der Waals surface area contributed by atoms with Gasteiger partial charge in [0.2, 0.25) is 0 Å². The summed E-state index contributed by atoms with van der Waals surface area (Å²) < 4.78 is 0. The number of amidine groups is 1. The van der Waals surface area contributed by atoms with Gasteiger partial charge in [-0.25, -0.2) is 0 Å². The van der Waals surface area contributed by atoms with Crippen LogP contribution in [0.5, 0.6) is 0 Å². The Hall–Kier alpha value is -0.770. The maximum absolute atomic E-state index is 8.53. The Labute approximate surface area is 90.9 Å². The third-order valence-electron chi connectivity index (χ3n) is 4.13. The average Bonchev–Trinajstić information content (AvgIpc) is 2.86. The van der Waals surface area contributed by atoms with Crippen LogP contribution in [-0.4, -0.2) is 23.6 Å². The number of oxime groups is 1. The molecule has 0 aromatic rings. The highest BCUT2D eigenvalue weighted by Gasteiger charge is 2.39. The Morgan fingerprint density at radius 2 is 2.33 bits per heavy atom. The summed E-state index contributed by atoms with van der Waals surface area (Å²) in [6.45, 7) is 2.95. The summed E-state index contributed by atoms with van der Waals surface area (Å²) in [6, 6.07) is -0.0193. The van der Waals surface area contributed by atoms with Gasteiger partial charge in [-0.1, -0.05) is 11.6 Å². The zero-order chi connectivity index (χ0) is 10.8. The third-order valence-corrected chi connectivity index (χ3v) is 4.13. The Kier molecular flexibility index (Phi) is 3.14. The number of fused-ring (bicyclic) bond motifs is 2. The summed E-state index contributed by atoms with van der Waals surface area (Å²) in [5, 5.41) is 14.9. The van der Waals surface area contributed by atoms with Gasteiger partial charge in [-0.15, -0.1) is 0 Å². The highest BCUT2D eigenvalue weighted by atomic mass is 16.4. The van der Waals surface area contributed by atoms with Crippen molar-refractivity contribution in [2.45, 2.75) is 38.6 Å². The van der Waals surface area contributed by atoms with Crippen LogP contribution in [0, 0.1) is 17.8 Å². The van der Waals surface area contributed by atoms with Crippen LogP contribution >= 0.6 is 0 Å². The molecule has 0 aromatic carbocycles. The molecule has 2 rings (SSSR count). The van der Waals surface area contributed by atoms with Crippen molar-refractivity contribution in [3.63, 3.8) is 0 Å². The molecule has 2 aliphatic rings. The van der Waals surface area contributed by atoms with Crippen molar-refractivity contribution >= 4 is 5.84 Å². The molecular formula is C11H21N3O. The second-order valence-electron chi connectivity index (χ2n) is 5.09. The Balaban J connectivity index is 1.74. The first-order valence-electron chi connectivity index (χ1n) is 5.91. The Morgan fingerprint density at radius 3 is 2.87 bits per heavy atom. The summed E-state index contributed by atoms with van der Waals surface area (Å²) in [4.78, 5) is 0. The van der Waals surface area contributed by atoms with E-state index in [-0.39, 0.29) is 11.9 Å². The van der Waals surface area contributed by atoms with Gasteiger partial charge >= 0.3 is 0 Å². The molecule has 2 fully saturated rings. The topological polar surface area (TPSA) is 70.6 Å². The summed E-state index contributed by atoms with van der Waals surface area (Å²) >= 11 is 0. The van der Waals surface area contributed by atoms with Crippen molar-refractivity contribution in [3.05, 3.63) is 0 Å². The molecule has 4 N–H and O–H groups in total. The predicted octanol–water partition coefficient (Wildman–Crippen LogP) is 1.15. The smallest absolute Gasteiger partial charge is 0.156 e. The first kappa shape index (κ1) is 10.7. The van der Waals surface area contributed by atoms with Crippen LogP contribution in [0.3, 0.4) is 0 Å². The highest BCUT2D eigenvalue weighted by Crippen LogP contribution is 2.47. The second kappa shape index (κ2) is 4.39. The van der Waals surface area contributed by atoms with Crippen molar-refractivity contribution in [1.82, 2.24) is 5.32 Å². The number of nitrogens with two attached hydrogens (primary N) is 1. The number of hydrogen-bond donors (Lipinski definition) is 3. The van der Waals surface area contributed by atoms with Crippen molar-refractivity contribution < 1.29 is 5.21 Å². The van der Waals surface area contributed by atoms with E-state index in [2.05, 4.69) is 10.5 Å². The molecule has 0 spiro atoms. The molecule has 15 heavy (non-hydrogen) atoms. The molecule has 2 saturated carbocycles. The third kappa shape index (κ3) is 2.25. The lowest BCUT2D eigenvalue weighted by Gasteiger charge is -2.23. The largest absolute Gasteiger partial charge is 0.409 e. The quantitative estimate of drug-likeness (QED) is 0.283. The molecule has 4 heteroatoms. The lowest BCUT2D eigenvalue weighted by atomic mass is 9.89. The Morgan fingerprint density at radius 1 is 1.53 bits per heavy atom. The van der Waals surface area contributed by atoms with Gasteiger partial charge < -0.3 is 16.3 Å². The Bertz CT molecular complexity index is 254. The van der Waals surface area contributed by atoms with Crippen LogP contribution < -0.4 is 11.1 Å². The van der Waals surface area contributed by atoms with Crippen LogP contribution in [0.1, 0.15) is 32.6 Å². The van der Waals surface area contributed by atoms with Crippen LogP contribution in [-0.2, 0) is 0 Å². The van der Waals surface area contributed by atoms with E-state index in [1.165, 1.54) is 25.7 Å². The standard InChI is InChI=1S/C11H21N3O/c1-7(11(12)14-15)13-6-10-5-8-2-3-9(10)4-8/h7-10,13,15H,2-6H2,1H3,(H2,12,14). The average molecular weight is 211 g/mol. The normalized spacial score (nSPS) is 37.1. The maximum atomic E-state index is 8.53. The zero-order valence-electron chi connectivity index (χ0n) is 9.32. The van der Waals surface area contributed by atoms with E-state index >= 15 is 0 Å². The lowest BCUT2D eigenvalue weighted by Crippen LogP contribution is -2.42. The summed E-state index contributed by atoms with van der Waals surface area (Å²) in [6.07, 6.45) is 5.66. The molecule has 4 unspecified atom stereocenters. The monoisotopic (exact) mass is 211 g/mol. The van der Waals surface area contributed by atoms with Gasteiger partial charge in [0.1, 0.15) is 0 Å². The molecule has 0 aromatic heterocycles. The van der Waals surface area contributed by atoms with E-state index in [4.69, 9.17) is 10.9 Å². The molecule has 0 amide bonds. The first-order valence-corrected chi connectivity index (χ1v) is 5.91. The van der Waals surface area contributed by atoms with Gasteiger partial charge in [-0.2, -0.15) is 0 Å². The highest BCUT2D eigenvalue weighted by molar-refractivity contribution is 5.84. The molecule has 0 aliphatic heterocycles. The molecular weight excluding hydrogens is 190 g/mol. The minimum Gasteiger partial charge on any atom is -0.409 e. The number of nitrogens with one attached hydrogen (secondary N) is 1.